The summed E-state index contributed by atoms with van der Waals surface area (Å²) in [5.41, 5.74) is 0. The molecule has 26 heavy (non-hydrogen) atoms. The molecule has 1 aromatic heterocycles. The lowest BCUT2D eigenvalue weighted by molar-refractivity contribution is -0.158. The molecule has 1 aliphatic rings. The molecule has 1 aromatic rings. The number of hydrogen-bond donors (Lipinski definition) is 2. The predicted molar refractivity (Wildman–Crippen MR) is 89.6 cm³/mol. The van der Waals surface area contributed by atoms with Gasteiger partial charge in [0.1, 0.15) is 5.76 Å². The highest BCUT2D eigenvalue weighted by Crippen LogP contribution is 2.22. The van der Waals surface area contributed by atoms with Gasteiger partial charge in [-0.15, -0.1) is 0 Å². The fourth-order valence-corrected chi connectivity index (χ4v) is 2.51. The van der Waals surface area contributed by atoms with Gasteiger partial charge in [-0.3, -0.25) is 19.7 Å². The molecule has 1 saturated heterocycles. The van der Waals surface area contributed by atoms with E-state index in [0.717, 1.165) is 0 Å². The first-order chi connectivity index (χ1) is 12.3. The minimum atomic E-state index is -1.14. The zero-order valence-electron chi connectivity index (χ0n) is 15.0. The van der Waals surface area contributed by atoms with Crippen molar-refractivity contribution in [2.75, 3.05) is 6.54 Å². The van der Waals surface area contributed by atoms with E-state index in [4.69, 9.17) is 9.15 Å². The van der Waals surface area contributed by atoms with Crippen LogP contribution in [0.15, 0.2) is 22.8 Å². The van der Waals surface area contributed by atoms with E-state index in [-0.39, 0.29) is 31.5 Å². The topological polar surface area (TPSA) is 118 Å². The number of carbonyl (C=O) groups excluding carboxylic acids is 4. The number of nitrogens with zero attached hydrogens (tertiary/aromatic N) is 1. The van der Waals surface area contributed by atoms with Crippen molar-refractivity contribution < 1.29 is 28.3 Å². The summed E-state index contributed by atoms with van der Waals surface area (Å²) in [6, 6.07) is 2.67. The van der Waals surface area contributed by atoms with Crippen molar-refractivity contribution in [2.45, 2.75) is 45.9 Å². The smallest absolute Gasteiger partial charge is 0.321 e. The van der Waals surface area contributed by atoms with Gasteiger partial charge < -0.3 is 19.4 Å². The van der Waals surface area contributed by atoms with Gasteiger partial charge in [0.2, 0.25) is 5.91 Å². The quantitative estimate of drug-likeness (QED) is 0.720. The average molecular weight is 365 g/mol. The molecule has 0 aromatic carbocycles. The maximum Gasteiger partial charge on any atom is 0.321 e. The molecular weight excluding hydrogens is 342 g/mol. The van der Waals surface area contributed by atoms with Crippen molar-refractivity contribution in [1.82, 2.24) is 15.5 Å². The fraction of sp³-hybridized carbons (Fsp3) is 0.529. The van der Waals surface area contributed by atoms with Gasteiger partial charge in [0, 0.05) is 19.0 Å². The summed E-state index contributed by atoms with van der Waals surface area (Å²) < 4.78 is 10.3. The first-order valence-electron chi connectivity index (χ1n) is 8.38. The number of urea groups is 1. The van der Waals surface area contributed by atoms with Crippen LogP contribution >= 0.6 is 0 Å². The molecular formula is C17H23N3O6. The van der Waals surface area contributed by atoms with Gasteiger partial charge in [-0.25, -0.2) is 4.79 Å². The monoisotopic (exact) mass is 365 g/mol. The average Bonchev–Trinajstić information content (AvgIpc) is 3.17. The minimum absolute atomic E-state index is 0.0156. The Labute approximate surface area is 151 Å². The Morgan fingerprint density at radius 3 is 2.69 bits per heavy atom. The Morgan fingerprint density at radius 1 is 1.35 bits per heavy atom. The van der Waals surface area contributed by atoms with Crippen LogP contribution in [0.2, 0.25) is 0 Å². The van der Waals surface area contributed by atoms with Crippen LogP contribution in [0.1, 0.15) is 33.0 Å². The molecule has 142 valence electrons. The van der Waals surface area contributed by atoms with Gasteiger partial charge >= 0.3 is 12.0 Å². The number of rotatable bonds is 6. The van der Waals surface area contributed by atoms with E-state index in [1.807, 2.05) is 0 Å². The molecule has 1 aliphatic heterocycles. The largest absolute Gasteiger partial charge is 0.467 e. The highest BCUT2D eigenvalue weighted by molar-refractivity contribution is 5.97. The van der Waals surface area contributed by atoms with Gasteiger partial charge in [-0.1, -0.05) is 0 Å². The van der Waals surface area contributed by atoms with Crippen molar-refractivity contribution in [3.8, 4) is 0 Å². The van der Waals surface area contributed by atoms with E-state index in [1.54, 1.807) is 26.0 Å². The van der Waals surface area contributed by atoms with Gasteiger partial charge in [0.15, 0.2) is 6.10 Å². The van der Waals surface area contributed by atoms with Crippen LogP contribution in [0.25, 0.3) is 0 Å². The summed E-state index contributed by atoms with van der Waals surface area (Å²) in [4.78, 5) is 49.1. The molecule has 9 heteroatoms. The highest BCUT2D eigenvalue weighted by atomic mass is 16.5. The third-order valence-electron chi connectivity index (χ3n) is 3.79. The molecule has 0 aliphatic carbocycles. The van der Waals surface area contributed by atoms with Crippen molar-refractivity contribution in [3.05, 3.63) is 24.2 Å². The molecule has 0 spiro atoms. The van der Waals surface area contributed by atoms with E-state index >= 15 is 0 Å². The molecule has 1 fully saturated rings. The number of likely N-dealkylation sites (tertiary alicyclic amines) is 1. The van der Waals surface area contributed by atoms with Crippen LogP contribution in [0.5, 0.6) is 0 Å². The van der Waals surface area contributed by atoms with Crippen molar-refractivity contribution in [1.29, 1.82) is 0 Å². The lowest BCUT2D eigenvalue weighted by Gasteiger charge is -2.17. The Bertz CT molecular complexity index is 670. The second kappa shape index (κ2) is 8.50. The number of amides is 4. The molecule has 2 atom stereocenters. The minimum Gasteiger partial charge on any atom is -0.467 e. The van der Waals surface area contributed by atoms with Crippen LogP contribution in [0.4, 0.5) is 4.79 Å². The molecule has 0 bridgehead atoms. The number of ether oxygens (including phenoxy) is 1. The zero-order valence-corrected chi connectivity index (χ0v) is 15.0. The van der Waals surface area contributed by atoms with Crippen LogP contribution in [0.3, 0.4) is 0 Å². The summed E-state index contributed by atoms with van der Waals surface area (Å²) in [6.45, 7) is 5.34. The number of nitrogens with one attached hydrogen (secondary N) is 2. The molecule has 4 amide bonds. The number of carbonyl (C=O) groups is 4. The molecule has 0 saturated carbocycles. The molecule has 2 heterocycles. The van der Waals surface area contributed by atoms with Gasteiger partial charge in [-0.2, -0.15) is 0 Å². The maximum absolute atomic E-state index is 12.2. The van der Waals surface area contributed by atoms with Gasteiger partial charge in [0.05, 0.1) is 18.7 Å². The van der Waals surface area contributed by atoms with Crippen LogP contribution in [-0.4, -0.2) is 47.4 Å². The number of hydrogen-bond acceptors (Lipinski definition) is 6. The SMILES string of the molecule is CC(C)NC(=O)NC(=O)[C@@H](C)OC(=O)[C@@H]1CC(=O)N(Cc2ccco2)C1. The van der Waals surface area contributed by atoms with Gasteiger partial charge in [0.25, 0.3) is 5.91 Å². The van der Waals surface area contributed by atoms with E-state index in [9.17, 15) is 19.2 Å². The highest BCUT2D eigenvalue weighted by Gasteiger charge is 2.37. The molecule has 0 radical (unpaired) electrons. The third-order valence-corrected chi connectivity index (χ3v) is 3.79. The zero-order chi connectivity index (χ0) is 19.3. The normalized spacial score (nSPS) is 17.9. The Balaban J connectivity index is 1.82. The first kappa shape index (κ1) is 19.5. The Kier molecular flexibility index (Phi) is 6.37. The second-order valence-corrected chi connectivity index (χ2v) is 6.45. The van der Waals surface area contributed by atoms with Crippen LogP contribution in [0, 0.1) is 5.92 Å². The summed E-state index contributed by atoms with van der Waals surface area (Å²) in [7, 11) is 0. The van der Waals surface area contributed by atoms with Crippen molar-refractivity contribution in [3.63, 3.8) is 0 Å². The van der Waals surface area contributed by atoms with E-state index < -0.39 is 29.9 Å². The number of esters is 1. The summed E-state index contributed by atoms with van der Waals surface area (Å²) in [5.74, 6) is -1.59. The summed E-state index contributed by atoms with van der Waals surface area (Å²) in [5, 5.41) is 4.60. The Morgan fingerprint density at radius 2 is 2.08 bits per heavy atom. The molecule has 2 rings (SSSR count). The van der Waals surface area contributed by atoms with Crippen molar-refractivity contribution in [2.24, 2.45) is 5.92 Å². The van der Waals surface area contributed by atoms with E-state index in [0.29, 0.717) is 5.76 Å². The van der Waals surface area contributed by atoms with Crippen LogP contribution in [-0.2, 0) is 25.7 Å². The lowest BCUT2D eigenvalue weighted by Crippen LogP contribution is -2.47. The summed E-state index contributed by atoms with van der Waals surface area (Å²) in [6.07, 6.45) is 0.383. The summed E-state index contributed by atoms with van der Waals surface area (Å²) >= 11 is 0. The number of imide groups is 1. The van der Waals surface area contributed by atoms with E-state index in [1.165, 1.54) is 18.1 Å². The fourth-order valence-electron chi connectivity index (χ4n) is 2.51. The Hall–Kier alpha value is -2.84. The molecule has 9 nitrogen and oxygen atoms in total. The molecule has 0 unspecified atom stereocenters. The van der Waals surface area contributed by atoms with Crippen LogP contribution < -0.4 is 10.6 Å². The lowest BCUT2D eigenvalue weighted by atomic mass is 10.1. The first-order valence-corrected chi connectivity index (χ1v) is 8.38. The van der Waals surface area contributed by atoms with Gasteiger partial charge in [-0.05, 0) is 32.9 Å². The predicted octanol–water partition coefficient (Wildman–Crippen LogP) is 0.794. The molecule has 2 N–H and O–H groups in total. The van der Waals surface area contributed by atoms with E-state index in [2.05, 4.69) is 10.6 Å². The second-order valence-electron chi connectivity index (χ2n) is 6.45. The maximum atomic E-state index is 12.2. The van der Waals surface area contributed by atoms with Crippen molar-refractivity contribution >= 4 is 23.8 Å². The third kappa shape index (κ3) is 5.33. The number of furan rings is 1. The standard InChI is InChI=1S/C17H23N3O6/c1-10(2)18-17(24)19-15(22)11(3)26-16(23)12-7-14(21)20(8-12)9-13-5-4-6-25-13/h4-6,10-12H,7-9H2,1-3H3,(H2,18,19,22,24)/t11-,12-/m1/s1.